The molecule has 2 rings (SSSR count). The standard InChI is InChI=1S/C21H23Cl3N2O2S/c1-3-19(21(28)25-4-2)26(12-16-17(23)6-5-7-18(16)24)20(27)13-29-15-10-8-14(22)9-11-15/h5-11,19H,3-4,12-13H2,1-2H3,(H,25,28). The zero-order valence-electron chi connectivity index (χ0n) is 16.3. The van der Waals surface area contributed by atoms with Crippen LogP contribution >= 0.6 is 46.6 Å². The monoisotopic (exact) mass is 472 g/mol. The second-order valence-electron chi connectivity index (χ2n) is 6.28. The molecule has 0 aliphatic heterocycles. The van der Waals surface area contributed by atoms with Gasteiger partial charge < -0.3 is 10.2 Å². The highest BCUT2D eigenvalue weighted by Crippen LogP contribution is 2.28. The molecule has 29 heavy (non-hydrogen) atoms. The van der Waals surface area contributed by atoms with Crippen LogP contribution in [-0.2, 0) is 16.1 Å². The van der Waals surface area contributed by atoms with E-state index in [4.69, 9.17) is 34.8 Å². The zero-order valence-corrected chi connectivity index (χ0v) is 19.3. The number of thioether (sulfide) groups is 1. The summed E-state index contributed by atoms with van der Waals surface area (Å²) in [5.41, 5.74) is 0.628. The fourth-order valence-electron chi connectivity index (χ4n) is 2.82. The van der Waals surface area contributed by atoms with Gasteiger partial charge in [-0.05, 0) is 49.7 Å². The van der Waals surface area contributed by atoms with Gasteiger partial charge in [0.05, 0.1) is 5.75 Å². The number of benzene rings is 2. The minimum absolute atomic E-state index is 0.161. The fraction of sp³-hybridized carbons (Fsp3) is 0.333. The van der Waals surface area contributed by atoms with Gasteiger partial charge in [0.25, 0.3) is 0 Å². The van der Waals surface area contributed by atoms with Crippen LogP contribution in [0, 0.1) is 0 Å². The molecule has 2 aromatic carbocycles. The molecule has 0 aliphatic rings. The molecule has 0 aromatic heterocycles. The molecule has 0 fully saturated rings. The lowest BCUT2D eigenvalue weighted by Gasteiger charge is -2.31. The Morgan fingerprint density at radius 2 is 1.66 bits per heavy atom. The van der Waals surface area contributed by atoms with E-state index in [1.807, 2.05) is 26.0 Å². The molecule has 0 heterocycles. The molecule has 1 N–H and O–H groups in total. The van der Waals surface area contributed by atoms with Crippen LogP contribution in [0.3, 0.4) is 0 Å². The number of carbonyl (C=O) groups excluding carboxylic acids is 2. The molecular formula is C21H23Cl3N2O2S. The Balaban J connectivity index is 2.25. The van der Waals surface area contributed by atoms with Crippen LogP contribution in [0.2, 0.25) is 15.1 Å². The third-order valence-corrected chi connectivity index (χ3v) is 6.26. The smallest absolute Gasteiger partial charge is 0.242 e. The number of nitrogens with one attached hydrogen (secondary N) is 1. The molecule has 8 heteroatoms. The molecule has 4 nitrogen and oxygen atoms in total. The SMILES string of the molecule is CCNC(=O)C(CC)N(Cc1c(Cl)cccc1Cl)C(=O)CSc1ccc(Cl)cc1. The Kier molecular flexibility index (Phi) is 9.63. The van der Waals surface area contributed by atoms with Gasteiger partial charge in [0.1, 0.15) is 6.04 Å². The van der Waals surface area contributed by atoms with Gasteiger partial charge in [-0.3, -0.25) is 9.59 Å². The van der Waals surface area contributed by atoms with Gasteiger partial charge in [-0.1, -0.05) is 47.8 Å². The van der Waals surface area contributed by atoms with Gasteiger partial charge in [0.2, 0.25) is 11.8 Å². The molecule has 0 saturated heterocycles. The number of hydrogen-bond donors (Lipinski definition) is 1. The van der Waals surface area contributed by atoms with Crippen LogP contribution in [0.4, 0.5) is 0 Å². The minimum Gasteiger partial charge on any atom is -0.355 e. The quantitative estimate of drug-likeness (QED) is 0.476. The maximum atomic E-state index is 13.1. The van der Waals surface area contributed by atoms with E-state index >= 15 is 0 Å². The first-order valence-corrected chi connectivity index (χ1v) is 11.4. The van der Waals surface area contributed by atoms with E-state index < -0.39 is 6.04 Å². The lowest BCUT2D eigenvalue weighted by molar-refractivity contribution is -0.139. The van der Waals surface area contributed by atoms with Crippen LogP contribution in [-0.4, -0.2) is 35.1 Å². The number of rotatable bonds is 9. The Morgan fingerprint density at radius 1 is 1.03 bits per heavy atom. The number of hydrogen-bond acceptors (Lipinski definition) is 3. The Hall–Kier alpha value is -1.40. The van der Waals surface area contributed by atoms with Gasteiger partial charge in [-0.25, -0.2) is 0 Å². The molecule has 0 saturated carbocycles. The average Bonchev–Trinajstić information content (AvgIpc) is 2.69. The van der Waals surface area contributed by atoms with Crippen LogP contribution in [0.5, 0.6) is 0 Å². The highest BCUT2D eigenvalue weighted by atomic mass is 35.5. The first kappa shape index (κ1) is 23.9. The summed E-state index contributed by atoms with van der Waals surface area (Å²) < 4.78 is 0. The summed E-state index contributed by atoms with van der Waals surface area (Å²) in [7, 11) is 0. The van der Waals surface area contributed by atoms with E-state index in [-0.39, 0.29) is 24.1 Å². The third kappa shape index (κ3) is 6.82. The predicted molar refractivity (Wildman–Crippen MR) is 122 cm³/mol. The summed E-state index contributed by atoms with van der Waals surface area (Å²) in [4.78, 5) is 28.2. The Bertz CT molecular complexity index is 826. The summed E-state index contributed by atoms with van der Waals surface area (Å²) in [5, 5.41) is 4.37. The van der Waals surface area contributed by atoms with E-state index in [0.29, 0.717) is 33.6 Å². The number of carbonyl (C=O) groups is 2. The van der Waals surface area contributed by atoms with Crippen molar-refractivity contribution in [3.63, 3.8) is 0 Å². The molecule has 0 aliphatic carbocycles. The van der Waals surface area contributed by atoms with E-state index in [0.717, 1.165) is 4.90 Å². The molecule has 0 radical (unpaired) electrons. The lowest BCUT2D eigenvalue weighted by atomic mass is 10.1. The predicted octanol–water partition coefficient (Wildman–Crippen LogP) is 5.68. The molecule has 0 bridgehead atoms. The second kappa shape index (κ2) is 11.7. The fourth-order valence-corrected chi connectivity index (χ4v) is 4.25. The second-order valence-corrected chi connectivity index (χ2v) is 8.58. The average molecular weight is 474 g/mol. The van der Waals surface area contributed by atoms with Gasteiger partial charge in [-0.15, -0.1) is 11.8 Å². The van der Waals surface area contributed by atoms with E-state index in [1.165, 1.54) is 11.8 Å². The third-order valence-electron chi connectivity index (χ3n) is 4.30. The van der Waals surface area contributed by atoms with Gasteiger partial charge in [-0.2, -0.15) is 0 Å². The summed E-state index contributed by atoms with van der Waals surface area (Å²) in [6.07, 6.45) is 0.477. The number of nitrogens with zero attached hydrogens (tertiary/aromatic N) is 1. The topological polar surface area (TPSA) is 49.4 Å². The maximum absolute atomic E-state index is 13.1. The minimum atomic E-state index is -0.611. The van der Waals surface area contributed by atoms with E-state index in [9.17, 15) is 9.59 Å². The van der Waals surface area contributed by atoms with Gasteiger partial charge in [0, 0.05) is 38.6 Å². The first-order valence-electron chi connectivity index (χ1n) is 9.25. The lowest BCUT2D eigenvalue weighted by Crippen LogP contribution is -2.49. The highest BCUT2D eigenvalue weighted by Gasteiger charge is 2.29. The van der Waals surface area contributed by atoms with E-state index in [2.05, 4.69) is 5.32 Å². The summed E-state index contributed by atoms with van der Waals surface area (Å²) in [6.45, 7) is 4.37. The van der Waals surface area contributed by atoms with Gasteiger partial charge in [0.15, 0.2) is 0 Å². The number of halogens is 3. The van der Waals surface area contributed by atoms with E-state index in [1.54, 1.807) is 35.2 Å². The van der Waals surface area contributed by atoms with Crippen molar-refractivity contribution in [1.29, 1.82) is 0 Å². The summed E-state index contributed by atoms with van der Waals surface area (Å²) in [6, 6.07) is 11.9. The van der Waals surface area contributed by atoms with Crippen LogP contribution in [0.25, 0.3) is 0 Å². The highest BCUT2D eigenvalue weighted by molar-refractivity contribution is 8.00. The Labute approximate surface area is 190 Å². The first-order chi connectivity index (χ1) is 13.9. The van der Waals surface area contributed by atoms with Crippen molar-refractivity contribution < 1.29 is 9.59 Å². The van der Waals surface area contributed by atoms with Crippen molar-refractivity contribution in [2.45, 2.75) is 37.8 Å². The van der Waals surface area contributed by atoms with Crippen molar-refractivity contribution in [2.75, 3.05) is 12.3 Å². The molecule has 0 spiro atoms. The van der Waals surface area contributed by atoms with Crippen molar-refractivity contribution in [3.8, 4) is 0 Å². The summed E-state index contributed by atoms with van der Waals surface area (Å²) >= 11 is 19.9. The maximum Gasteiger partial charge on any atom is 0.242 e. The molecule has 1 unspecified atom stereocenters. The van der Waals surface area contributed by atoms with Crippen LogP contribution in [0.15, 0.2) is 47.4 Å². The largest absolute Gasteiger partial charge is 0.355 e. The van der Waals surface area contributed by atoms with Crippen molar-refractivity contribution in [1.82, 2.24) is 10.2 Å². The van der Waals surface area contributed by atoms with Crippen molar-refractivity contribution in [2.24, 2.45) is 0 Å². The molecule has 2 aromatic rings. The molecule has 2 amide bonds. The van der Waals surface area contributed by atoms with Gasteiger partial charge >= 0.3 is 0 Å². The zero-order chi connectivity index (χ0) is 21.4. The van der Waals surface area contributed by atoms with Crippen LogP contribution in [0.1, 0.15) is 25.8 Å². The Morgan fingerprint density at radius 3 is 2.21 bits per heavy atom. The van der Waals surface area contributed by atoms with Crippen LogP contribution < -0.4 is 5.32 Å². The van der Waals surface area contributed by atoms with Crippen molar-refractivity contribution in [3.05, 3.63) is 63.1 Å². The molecular weight excluding hydrogens is 451 g/mol. The molecule has 156 valence electrons. The normalized spacial score (nSPS) is 11.8. The number of amides is 2. The van der Waals surface area contributed by atoms with Crippen molar-refractivity contribution >= 4 is 58.4 Å². The summed E-state index contributed by atoms with van der Waals surface area (Å²) in [5.74, 6) is -0.179. The number of likely N-dealkylation sites (N-methyl/N-ethyl adjacent to an activating group) is 1. The molecule has 1 atom stereocenters.